The van der Waals surface area contributed by atoms with E-state index in [4.69, 9.17) is 9.72 Å². The molecular formula is C22H23N5O2S. The first-order chi connectivity index (χ1) is 14.6. The van der Waals surface area contributed by atoms with Crippen LogP contribution in [-0.2, 0) is 11.3 Å². The Morgan fingerprint density at radius 2 is 1.90 bits per heavy atom. The monoisotopic (exact) mass is 421 g/mol. The first-order valence-electron chi connectivity index (χ1n) is 9.87. The summed E-state index contributed by atoms with van der Waals surface area (Å²) in [7, 11) is 1.61. The number of nitrogens with one attached hydrogen (secondary N) is 1. The fraction of sp³-hybridized carbons (Fsp3) is 0.273. The number of nitrogens with zero attached hydrogens (tertiary/aromatic N) is 4. The van der Waals surface area contributed by atoms with Gasteiger partial charge in [-0.2, -0.15) is 0 Å². The van der Waals surface area contributed by atoms with E-state index < -0.39 is 0 Å². The van der Waals surface area contributed by atoms with Crippen molar-refractivity contribution >= 4 is 45.4 Å². The predicted octanol–water partition coefficient (Wildman–Crippen LogP) is 4.52. The van der Waals surface area contributed by atoms with Crippen LogP contribution in [0.5, 0.6) is 5.75 Å². The van der Waals surface area contributed by atoms with Gasteiger partial charge in [-0.1, -0.05) is 36.9 Å². The lowest BCUT2D eigenvalue weighted by Crippen LogP contribution is -2.24. The van der Waals surface area contributed by atoms with Crippen molar-refractivity contribution in [2.45, 2.75) is 37.2 Å². The lowest BCUT2D eigenvalue weighted by atomic mass is 10.2. The largest absolute Gasteiger partial charge is 0.497 e. The number of hydrogen-bond acceptors (Lipinski definition) is 6. The molecular weight excluding hydrogens is 398 g/mol. The summed E-state index contributed by atoms with van der Waals surface area (Å²) in [4.78, 5) is 17.5. The van der Waals surface area contributed by atoms with E-state index >= 15 is 0 Å². The van der Waals surface area contributed by atoms with E-state index in [1.54, 1.807) is 7.11 Å². The molecule has 0 fully saturated rings. The van der Waals surface area contributed by atoms with Crippen molar-refractivity contribution < 1.29 is 9.53 Å². The number of carbonyl (C=O) groups excluding carboxylic acids is 1. The number of benzene rings is 2. The summed E-state index contributed by atoms with van der Waals surface area (Å²) in [6.45, 7) is 4.83. The van der Waals surface area contributed by atoms with E-state index in [1.807, 2.05) is 49.4 Å². The molecule has 7 nitrogen and oxygen atoms in total. The molecule has 0 bridgehead atoms. The number of anilines is 1. The van der Waals surface area contributed by atoms with Gasteiger partial charge in [0.2, 0.25) is 11.1 Å². The van der Waals surface area contributed by atoms with Gasteiger partial charge in [0.1, 0.15) is 11.3 Å². The molecule has 0 aliphatic carbocycles. The van der Waals surface area contributed by atoms with Crippen molar-refractivity contribution in [2.75, 3.05) is 12.4 Å². The van der Waals surface area contributed by atoms with Gasteiger partial charge in [-0.25, -0.2) is 4.98 Å². The van der Waals surface area contributed by atoms with Crippen LogP contribution in [0.2, 0.25) is 0 Å². The molecule has 4 rings (SSSR count). The maximum absolute atomic E-state index is 12.8. The number of methoxy groups -OCH3 is 1. The maximum Gasteiger partial charge on any atom is 0.237 e. The van der Waals surface area contributed by atoms with Crippen LogP contribution in [-0.4, -0.2) is 38.0 Å². The Balaban J connectivity index is 1.58. The summed E-state index contributed by atoms with van der Waals surface area (Å²) in [6, 6.07) is 15.4. The minimum absolute atomic E-state index is 0.0904. The molecule has 8 heteroatoms. The molecule has 2 aromatic heterocycles. The summed E-state index contributed by atoms with van der Waals surface area (Å²) >= 11 is 1.33. The lowest BCUT2D eigenvalue weighted by molar-refractivity contribution is -0.115. The number of hydrogen-bond donors (Lipinski definition) is 1. The Labute approximate surface area is 178 Å². The zero-order valence-corrected chi connectivity index (χ0v) is 17.9. The SMILES string of the molecule is CCC(Sc1nnc2c3ccccc3n(CC)c2n1)C(=O)Nc1ccc(OC)cc1. The van der Waals surface area contributed by atoms with E-state index in [9.17, 15) is 4.79 Å². The molecule has 1 atom stereocenters. The smallest absolute Gasteiger partial charge is 0.237 e. The lowest BCUT2D eigenvalue weighted by Gasteiger charge is -2.14. The Hall–Kier alpha value is -3.13. The van der Waals surface area contributed by atoms with Crippen LogP contribution in [0.15, 0.2) is 53.7 Å². The van der Waals surface area contributed by atoms with Gasteiger partial charge in [-0.05, 0) is 43.7 Å². The molecule has 1 unspecified atom stereocenters. The normalized spacial score (nSPS) is 12.2. The van der Waals surface area contributed by atoms with E-state index in [1.165, 1.54) is 11.8 Å². The number of aryl methyl sites for hydroxylation is 1. The third-order valence-electron chi connectivity index (χ3n) is 4.94. The Morgan fingerprint density at radius 3 is 2.60 bits per heavy atom. The zero-order valence-electron chi connectivity index (χ0n) is 17.1. The van der Waals surface area contributed by atoms with E-state index in [0.29, 0.717) is 11.6 Å². The van der Waals surface area contributed by atoms with Gasteiger partial charge in [-0.3, -0.25) is 4.79 Å². The third kappa shape index (κ3) is 3.82. The molecule has 1 N–H and O–H groups in total. The number of thioether (sulfide) groups is 1. The summed E-state index contributed by atoms with van der Waals surface area (Å²) in [5.74, 6) is 0.654. The van der Waals surface area contributed by atoms with E-state index in [-0.39, 0.29) is 11.2 Å². The Kier molecular flexibility index (Phi) is 5.85. The molecule has 0 spiro atoms. The molecule has 0 radical (unpaired) electrons. The fourth-order valence-corrected chi connectivity index (χ4v) is 4.22. The predicted molar refractivity (Wildman–Crippen MR) is 120 cm³/mol. The highest BCUT2D eigenvalue weighted by atomic mass is 32.2. The van der Waals surface area contributed by atoms with Gasteiger partial charge in [0.15, 0.2) is 5.65 Å². The van der Waals surface area contributed by atoms with Crippen LogP contribution < -0.4 is 10.1 Å². The van der Waals surface area contributed by atoms with Crippen LogP contribution >= 0.6 is 11.8 Å². The molecule has 0 aliphatic rings. The number of fused-ring (bicyclic) bond motifs is 3. The van der Waals surface area contributed by atoms with Gasteiger partial charge in [0.05, 0.1) is 17.9 Å². The third-order valence-corrected chi connectivity index (χ3v) is 6.15. The van der Waals surface area contributed by atoms with Gasteiger partial charge < -0.3 is 14.6 Å². The summed E-state index contributed by atoms with van der Waals surface area (Å²) < 4.78 is 7.28. The van der Waals surface area contributed by atoms with Crippen molar-refractivity contribution in [3.8, 4) is 5.75 Å². The van der Waals surface area contributed by atoms with Crippen molar-refractivity contribution in [3.05, 3.63) is 48.5 Å². The van der Waals surface area contributed by atoms with Crippen molar-refractivity contribution in [1.82, 2.24) is 19.7 Å². The first kappa shape index (κ1) is 20.2. The number of amides is 1. The highest BCUT2D eigenvalue weighted by molar-refractivity contribution is 8.00. The Morgan fingerprint density at radius 1 is 1.13 bits per heavy atom. The fourth-order valence-electron chi connectivity index (χ4n) is 3.41. The summed E-state index contributed by atoms with van der Waals surface area (Å²) in [5.41, 5.74) is 3.39. The van der Waals surface area contributed by atoms with Crippen LogP contribution in [0.1, 0.15) is 20.3 Å². The molecule has 2 aromatic carbocycles. The quantitative estimate of drug-likeness (QED) is 0.442. The summed E-state index contributed by atoms with van der Waals surface area (Å²) in [5, 5.41) is 12.9. The second kappa shape index (κ2) is 8.71. The highest BCUT2D eigenvalue weighted by Crippen LogP contribution is 2.29. The molecule has 0 aliphatic heterocycles. The number of carbonyl (C=O) groups is 1. The average molecular weight is 422 g/mol. The van der Waals surface area contributed by atoms with Gasteiger partial charge in [-0.15, -0.1) is 10.2 Å². The molecule has 2 heterocycles. The van der Waals surface area contributed by atoms with E-state index in [0.717, 1.165) is 40.0 Å². The van der Waals surface area contributed by atoms with Crippen molar-refractivity contribution in [1.29, 1.82) is 0 Å². The van der Waals surface area contributed by atoms with E-state index in [2.05, 4.69) is 33.1 Å². The van der Waals surface area contributed by atoms with Crippen LogP contribution in [0, 0.1) is 0 Å². The number of rotatable bonds is 7. The second-order valence-corrected chi connectivity index (χ2v) is 7.93. The van der Waals surface area contributed by atoms with Gasteiger partial charge in [0.25, 0.3) is 0 Å². The second-order valence-electron chi connectivity index (χ2n) is 6.76. The van der Waals surface area contributed by atoms with Gasteiger partial charge in [0, 0.05) is 17.6 Å². The van der Waals surface area contributed by atoms with Crippen LogP contribution in [0.4, 0.5) is 5.69 Å². The number of para-hydroxylation sites is 1. The molecule has 0 saturated carbocycles. The first-order valence-corrected chi connectivity index (χ1v) is 10.8. The van der Waals surface area contributed by atoms with Crippen LogP contribution in [0.3, 0.4) is 0 Å². The molecule has 154 valence electrons. The minimum Gasteiger partial charge on any atom is -0.497 e. The average Bonchev–Trinajstić information content (AvgIpc) is 3.10. The van der Waals surface area contributed by atoms with Crippen LogP contribution in [0.25, 0.3) is 22.1 Å². The van der Waals surface area contributed by atoms with Gasteiger partial charge >= 0.3 is 0 Å². The molecule has 4 aromatic rings. The van der Waals surface area contributed by atoms with Crippen molar-refractivity contribution in [3.63, 3.8) is 0 Å². The summed E-state index contributed by atoms with van der Waals surface area (Å²) in [6.07, 6.45) is 0.644. The highest BCUT2D eigenvalue weighted by Gasteiger charge is 2.21. The molecule has 0 saturated heterocycles. The van der Waals surface area contributed by atoms with Crippen molar-refractivity contribution in [2.24, 2.45) is 0 Å². The topological polar surface area (TPSA) is 81.9 Å². The molecule has 1 amide bonds. The zero-order chi connectivity index (χ0) is 21.1. The molecule has 30 heavy (non-hydrogen) atoms. The standard InChI is InChI=1S/C22H23N5O2S/c1-4-18(21(28)23-14-10-12-15(29-3)13-11-14)30-22-24-20-19(25-26-22)16-8-6-7-9-17(16)27(20)5-2/h6-13,18H,4-5H2,1-3H3,(H,23,28). The minimum atomic E-state index is -0.328. The maximum atomic E-state index is 12.8. The number of ether oxygens (including phenoxy) is 1. The Bertz CT molecular complexity index is 1190. The number of aromatic nitrogens is 4.